The third kappa shape index (κ3) is 32.9. The van der Waals surface area contributed by atoms with Crippen LogP contribution in [0.5, 0.6) is 0 Å². The number of nitrogens with zero attached hydrogens (tertiary/aromatic N) is 2. The quantitative estimate of drug-likeness (QED) is 0.0275. The minimum Gasteiger partial charge on any atom is -0.493 e. The molecule has 0 bridgehead atoms. The molecule has 0 spiro atoms. The van der Waals surface area contributed by atoms with Gasteiger partial charge < -0.3 is 19.4 Å². The zero-order valence-corrected chi connectivity index (χ0v) is 47.8. The second-order valence-corrected chi connectivity index (χ2v) is 20.4. The summed E-state index contributed by atoms with van der Waals surface area (Å²) in [5.74, 6) is 0. The number of benzene rings is 2. The van der Waals surface area contributed by atoms with E-state index in [9.17, 15) is 5.53 Å². The van der Waals surface area contributed by atoms with E-state index in [1.165, 1.54) is 258 Å². The van der Waals surface area contributed by atoms with Crippen molar-refractivity contribution in [2.75, 3.05) is 0 Å². The zero-order chi connectivity index (χ0) is 48.8. The smallest absolute Gasteiger partial charge is 0.493 e. The van der Waals surface area contributed by atoms with Gasteiger partial charge in [0, 0.05) is 22.3 Å². The van der Waals surface area contributed by atoms with Crippen LogP contribution >= 0.6 is 0 Å². The summed E-state index contributed by atoms with van der Waals surface area (Å²) >= 11 is 0. The molecule has 0 radical (unpaired) electrons. The van der Waals surface area contributed by atoms with Gasteiger partial charge >= 0.3 is 20.4 Å². The molecule has 0 saturated heterocycles. The van der Waals surface area contributed by atoms with E-state index in [1.54, 1.807) is 0 Å². The van der Waals surface area contributed by atoms with Gasteiger partial charge in [0.2, 0.25) is 11.4 Å². The van der Waals surface area contributed by atoms with Gasteiger partial charge in [0.25, 0.3) is 0 Å². The van der Waals surface area contributed by atoms with Crippen LogP contribution in [0.4, 0.5) is 0 Å². The van der Waals surface area contributed by atoms with E-state index in [1.807, 2.05) is 0 Å². The van der Waals surface area contributed by atoms with Gasteiger partial charge in [-0.2, -0.15) is 12.8 Å². The third-order valence-electron chi connectivity index (χ3n) is 14.1. The number of allylic oxidation sites excluding steroid dienone is 2. The molecule has 2 nitrogen and oxygen atoms in total. The van der Waals surface area contributed by atoms with Crippen molar-refractivity contribution in [1.82, 2.24) is 0 Å². The monoisotopic (exact) mass is 1030 g/mol. The Morgan fingerprint density at radius 3 is 0.897 bits per heavy atom. The summed E-state index contributed by atoms with van der Waals surface area (Å²) in [6.45, 7) is 21.3. The summed E-state index contributed by atoms with van der Waals surface area (Å²) in [5, 5.41) is 0. The van der Waals surface area contributed by atoms with Crippen molar-refractivity contribution >= 4 is 11.4 Å². The van der Waals surface area contributed by atoms with E-state index in [2.05, 4.69) is 104 Å². The van der Waals surface area contributed by atoms with E-state index in [-0.39, 0.29) is 20.4 Å². The summed E-state index contributed by atoms with van der Waals surface area (Å²) in [4.78, 5) is 0. The molecule has 0 aliphatic carbocycles. The second-order valence-electron chi connectivity index (χ2n) is 20.4. The third-order valence-corrected chi connectivity index (χ3v) is 14.1. The van der Waals surface area contributed by atoms with Gasteiger partial charge in [-0.3, -0.25) is 0 Å². The fraction of sp³-hybridized carbons (Fsp3) is 0.723. The molecule has 0 unspecified atom stereocenters. The van der Waals surface area contributed by atoms with E-state index >= 15 is 0 Å². The zero-order valence-electron chi connectivity index (χ0n) is 46.2. The number of hydrogen-bond donors (Lipinski definition) is 0. The van der Waals surface area contributed by atoms with Gasteiger partial charge in [-0.25, -0.2) is 4.70 Å². The first-order valence-corrected chi connectivity index (χ1v) is 29.6. The van der Waals surface area contributed by atoms with Crippen LogP contribution in [0, 0.1) is 13.8 Å². The van der Waals surface area contributed by atoms with Crippen LogP contribution < -0.4 is 0 Å². The van der Waals surface area contributed by atoms with Crippen LogP contribution in [0.2, 0.25) is 0 Å². The molecule has 68 heavy (non-hydrogen) atoms. The average molecular weight is 1030 g/mol. The fourth-order valence-electron chi connectivity index (χ4n) is 9.55. The first kappa shape index (κ1) is 66.2. The van der Waals surface area contributed by atoms with Crippen molar-refractivity contribution in [2.45, 2.75) is 305 Å². The van der Waals surface area contributed by atoms with Crippen molar-refractivity contribution in [3.05, 3.63) is 101 Å². The topological polar surface area (TPSA) is 25.3 Å². The van der Waals surface area contributed by atoms with Crippen LogP contribution in [0.3, 0.4) is 0 Å². The van der Waals surface area contributed by atoms with Gasteiger partial charge in [-0.05, 0) is 80.8 Å². The molecule has 1 heterocycles. The van der Waals surface area contributed by atoms with Crippen LogP contribution in [0.15, 0.2) is 59.7 Å². The number of aryl methyl sites for hydroxylation is 2. The Balaban J connectivity index is 0.00000114. The Morgan fingerprint density at radius 1 is 0.338 bits per heavy atom. The summed E-state index contributed by atoms with van der Waals surface area (Å²) < 4.78 is 1.48. The SMILES string of the molecule is CCCCCCCCC1=C(c2ccc(CCCC)cc2)[N+](=[N-])C(c2ccc(CCCC)cc2)=C1C.[CH2-]CCCCCCCCCCCCCCC.[CH2-]CCCCCCCCCCCCCCC.[Pd+2]. The second kappa shape index (κ2) is 48.8. The maximum atomic E-state index is 11.5. The molecule has 1 aliphatic rings. The Bertz CT molecular complexity index is 1410. The standard InChI is InChI=1S/C33H46N2.2C16H33.Pd/c1-5-8-11-12-13-14-17-31-26(4)32(29-22-18-27(19-23-29)15-9-6-2)35(34)33(31)30-24-20-28(21-25-30)16-10-7-3;2*1-3-5-7-9-11-13-15-16-14-12-10-8-6-4-2;/h18-25H,5-17H2,1-4H3;2*1,3-16H2,2H3;/q;2*-1;+2. The first-order valence-electron chi connectivity index (χ1n) is 29.6. The maximum Gasteiger partial charge on any atom is 2.00 e. The van der Waals surface area contributed by atoms with Crippen molar-refractivity contribution in [3.63, 3.8) is 0 Å². The molecular weight excluding hydrogens is 915 g/mol. The van der Waals surface area contributed by atoms with Gasteiger partial charge in [0.05, 0.1) is 0 Å². The molecule has 3 heteroatoms. The van der Waals surface area contributed by atoms with Crippen molar-refractivity contribution in [3.8, 4) is 0 Å². The van der Waals surface area contributed by atoms with Crippen molar-refractivity contribution in [2.24, 2.45) is 0 Å². The van der Waals surface area contributed by atoms with Crippen LogP contribution in [0.25, 0.3) is 16.9 Å². The number of unbranched alkanes of at least 4 members (excludes halogenated alkanes) is 33. The molecule has 0 amide bonds. The molecule has 2 aromatic carbocycles. The predicted octanol–water partition coefficient (Wildman–Crippen LogP) is 22.9. The van der Waals surface area contributed by atoms with Crippen molar-refractivity contribution in [1.29, 1.82) is 0 Å². The van der Waals surface area contributed by atoms with Crippen molar-refractivity contribution < 1.29 is 25.1 Å². The molecule has 392 valence electrons. The molecule has 0 saturated carbocycles. The molecular formula is C65H112N2Pd. The Morgan fingerprint density at radius 2 is 0.603 bits per heavy atom. The molecule has 0 atom stereocenters. The van der Waals surface area contributed by atoms with E-state index in [0.717, 1.165) is 54.6 Å². The molecule has 0 N–H and O–H groups in total. The minimum absolute atomic E-state index is 0. The molecule has 1 aliphatic heterocycles. The number of rotatable bonds is 41. The maximum absolute atomic E-state index is 11.5. The van der Waals surface area contributed by atoms with E-state index < -0.39 is 0 Å². The summed E-state index contributed by atoms with van der Waals surface area (Å²) in [6, 6.07) is 17.7. The summed E-state index contributed by atoms with van der Waals surface area (Å²) in [6.07, 6.45) is 55.5. The molecule has 0 fully saturated rings. The Labute approximate surface area is 440 Å². The summed E-state index contributed by atoms with van der Waals surface area (Å²) in [7, 11) is 0. The van der Waals surface area contributed by atoms with Crippen LogP contribution in [-0.4, -0.2) is 4.70 Å². The van der Waals surface area contributed by atoms with E-state index in [0.29, 0.717) is 0 Å². The average Bonchev–Trinajstić information content (AvgIpc) is 3.60. The van der Waals surface area contributed by atoms with E-state index in [4.69, 9.17) is 0 Å². The summed E-state index contributed by atoms with van der Waals surface area (Å²) in [5.41, 5.74) is 20.9. The number of hydrogen-bond acceptors (Lipinski definition) is 0. The van der Waals surface area contributed by atoms with Gasteiger partial charge in [0.15, 0.2) is 0 Å². The Hall–Kier alpha value is -1.82. The van der Waals surface area contributed by atoms with Gasteiger partial charge in [-0.15, -0.1) is 0 Å². The molecule has 3 rings (SSSR count). The largest absolute Gasteiger partial charge is 2.00 e. The fourth-order valence-corrected chi connectivity index (χ4v) is 9.55. The predicted molar refractivity (Wildman–Crippen MR) is 303 cm³/mol. The van der Waals surface area contributed by atoms with Crippen LogP contribution in [0.1, 0.15) is 314 Å². The molecule has 0 aromatic heterocycles. The van der Waals surface area contributed by atoms with Gasteiger partial charge in [0.1, 0.15) is 0 Å². The van der Waals surface area contributed by atoms with Crippen LogP contribution in [-0.2, 0) is 33.3 Å². The molecule has 2 aromatic rings. The normalized spacial score (nSPS) is 12.3. The Kier molecular flexibility index (Phi) is 47.5. The first-order chi connectivity index (χ1) is 32.9. The van der Waals surface area contributed by atoms with Gasteiger partial charge in [-0.1, -0.05) is 271 Å². The minimum atomic E-state index is 0.